The van der Waals surface area contributed by atoms with Gasteiger partial charge in [-0.25, -0.2) is 14.8 Å². The molecule has 0 radical (unpaired) electrons. The van der Waals surface area contributed by atoms with E-state index in [1.807, 2.05) is 36.4 Å². The van der Waals surface area contributed by atoms with E-state index in [1.165, 1.54) is 18.4 Å². The van der Waals surface area contributed by atoms with Crippen molar-refractivity contribution >= 4 is 27.5 Å². The number of carbonyl (C=O) groups excluding carboxylic acids is 1. The number of aromatic nitrogens is 2. The van der Waals surface area contributed by atoms with Crippen LogP contribution in [0, 0.1) is 0 Å². The van der Waals surface area contributed by atoms with Crippen LogP contribution < -0.4 is 0 Å². The minimum absolute atomic E-state index is 0.262. The second-order valence-electron chi connectivity index (χ2n) is 3.88. The van der Waals surface area contributed by atoms with Gasteiger partial charge in [-0.15, -0.1) is 11.3 Å². The van der Waals surface area contributed by atoms with Crippen molar-refractivity contribution in [1.82, 2.24) is 9.97 Å². The molecule has 1 aromatic carbocycles. The summed E-state index contributed by atoms with van der Waals surface area (Å²) in [7, 11) is 1.34. The van der Waals surface area contributed by atoms with Gasteiger partial charge in [0, 0.05) is 11.8 Å². The zero-order valence-corrected chi connectivity index (χ0v) is 11.0. The topological polar surface area (TPSA) is 52.1 Å². The molecule has 94 valence electrons. The number of esters is 1. The molecule has 2 aromatic heterocycles. The van der Waals surface area contributed by atoms with Crippen molar-refractivity contribution in [2.45, 2.75) is 0 Å². The Morgan fingerprint density at radius 1 is 1.21 bits per heavy atom. The lowest BCUT2D eigenvalue weighted by molar-refractivity contribution is 0.0596. The third kappa shape index (κ3) is 2.08. The maximum absolute atomic E-state index is 11.7. The van der Waals surface area contributed by atoms with Gasteiger partial charge in [-0.1, -0.05) is 30.3 Å². The second kappa shape index (κ2) is 4.78. The van der Waals surface area contributed by atoms with Crippen molar-refractivity contribution in [1.29, 1.82) is 0 Å². The summed E-state index contributed by atoms with van der Waals surface area (Å²) in [5.74, 6) is -0.462. The van der Waals surface area contributed by atoms with Gasteiger partial charge >= 0.3 is 5.97 Å². The summed E-state index contributed by atoms with van der Waals surface area (Å²) in [6.45, 7) is 0. The third-order valence-electron chi connectivity index (χ3n) is 2.71. The van der Waals surface area contributed by atoms with Crippen LogP contribution in [0.4, 0.5) is 0 Å². The summed E-state index contributed by atoms with van der Waals surface area (Å²) in [5.41, 5.74) is 1.89. The number of hydrogen-bond acceptors (Lipinski definition) is 5. The van der Waals surface area contributed by atoms with Gasteiger partial charge in [-0.05, 0) is 6.07 Å². The van der Waals surface area contributed by atoms with Crippen LogP contribution in [0.3, 0.4) is 0 Å². The maximum Gasteiger partial charge on any atom is 0.358 e. The third-order valence-corrected chi connectivity index (χ3v) is 3.78. The number of pyridine rings is 1. The highest BCUT2D eigenvalue weighted by molar-refractivity contribution is 7.21. The van der Waals surface area contributed by atoms with Crippen LogP contribution in [0.2, 0.25) is 0 Å². The zero-order valence-electron chi connectivity index (χ0n) is 10.2. The summed E-state index contributed by atoms with van der Waals surface area (Å²) < 4.78 is 5.65. The maximum atomic E-state index is 11.7. The van der Waals surface area contributed by atoms with Crippen molar-refractivity contribution in [3.05, 3.63) is 48.3 Å². The van der Waals surface area contributed by atoms with E-state index in [0.717, 1.165) is 15.3 Å². The van der Waals surface area contributed by atoms with Gasteiger partial charge in [0.1, 0.15) is 10.5 Å². The van der Waals surface area contributed by atoms with E-state index in [9.17, 15) is 4.79 Å². The highest BCUT2D eigenvalue weighted by Crippen LogP contribution is 2.30. The molecule has 0 saturated carbocycles. The number of rotatable bonds is 2. The lowest BCUT2D eigenvalue weighted by atomic mass is 10.2. The summed E-state index contributed by atoms with van der Waals surface area (Å²) in [5, 5.41) is 0.869. The van der Waals surface area contributed by atoms with E-state index in [1.54, 1.807) is 6.20 Å². The minimum Gasteiger partial charge on any atom is -0.464 e. The van der Waals surface area contributed by atoms with Gasteiger partial charge in [0.2, 0.25) is 0 Å². The van der Waals surface area contributed by atoms with Crippen molar-refractivity contribution in [2.24, 2.45) is 0 Å². The van der Waals surface area contributed by atoms with Crippen LogP contribution in [-0.4, -0.2) is 23.0 Å². The van der Waals surface area contributed by atoms with Gasteiger partial charge < -0.3 is 4.74 Å². The highest BCUT2D eigenvalue weighted by Gasteiger charge is 2.16. The van der Waals surface area contributed by atoms with E-state index >= 15 is 0 Å². The molecule has 3 aromatic rings. The molecule has 2 heterocycles. The van der Waals surface area contributed by atoms with Crippen molar-refractivity contribution in [3.8, 4) is 10.6 Å². The Hall–Kier alpha value is -2.27. The number of fused-ring (bicyclic) bond motifs is 1. The van der Waals surface area contributed by atoms with Crippen molar-refractivity contribution < 1.29 is 9.53 Å². The molecular weight excluding hydrogens is 260 g/mol. The Kier molecular flexibility index (Phi) is 2.97. The van der Waals surface area contributed by atoms with Crippen LogP contribution in [-0.2, 0) is 4.74 Å². The fraction of sp³-hybridized carbons (Fsp3) is 0.0714. The van der Waals surface area contributed by atoms with E-state index < -0.39 is 5.97 Å². The SMILES string of the molecule is COC(=O)c1nccc2sc(-c3ccccc3)nc12. The van der Waals surface area contributed by atoms with E-state index in [4.69, 9.17) is 4.74 Å². The Morgan fingerprint density at radius 2 is 2.00 bits per heavy atom. The lowest BCUT2D eigenvalue weighted by Gasteiger charge is -1.97. The average Bonchev–Trinajstić information content (AvgIpc) is 2.91. The molecule has 0 unspecified atom stereocenters. The van der Waals surface area contributed by atoms with Crippen LogP contribution in [0.25, 0.3) is 20.8 Å². The fourth-order valence-corrected chi connectivity index (χ4v) is 2.77. The smallest absolute Gasteiger partial charge is 0.358 e. The predicted octanol–water partition coefficient (Wildman–Crippen LogP) is 3.14. The first-order chi connectivity index (χ1) is 9.29. The van der Waals surface area contributed by atoms with Crippen LogP contribution in [0.15, 0.2) is 42.6 Å². The van der Waals surface area contributed by atoms with Gasteiger partial charge in [-0.3, -0.25) is 0 Å². The number of ether oxygens (including phenoxy) is 1. The monoisotopic (exact) mass is 270 g/mol. The molecule has 0 atom stereocenters. The Labute approximate surface area is 113 Å². The molecule has 0 amide bonds. The first-order valence-electron chi connectivity index (χ1n) is 5.69. The molecule has 0 N–H and O–H groups in total. The summed E-state index contributed by atoms with van der Waals surface area (Å²) in [4.78, 5) is 20.2. The van der Waals surface area contributed by atoms with Gasteiger partial charge in [0.25, 0.3) is 0 Å². The normalized spacial score (nSPS) is 10.6. The number of methoxy groups -OCH3 is 1. The summed E-state index contributed by atoms with van der Waals surface area (Å²) >= 11 is 1.53. The Balaban J connectivity index is 2.19. The van der Waals surface area contributed by atoms with Crippen LogP contribution in [0.5, 0.6) is 0 Å². The molecule has 4 nitrogen and oxygen atoms in total. The van der Waals surface area contributed by atoms with Gasteiger partial charge in [0.15, 0.2) is 5.69 Å². The molecular formula is C14H10N2O2S. The van der Waals surface area contributed by atoms with E-state index in [0.29, 0.717) is 5.52 Å². The summed E-state index contributed by atoms with van der Waals surface area (Å²) in [6.07, 6.45) is 1.60. The first-order valence-corrected chi connectivity index (χ1v) is 6.50. The Bertz CT molecular complexity index is 738. The number of benzene rings is 1. The molecule has 5 heteroatoms. The number of nitrogens with zero attached hydrogens (tertiary/aromatic N) is 2. The standard InChI is InChI=1S/C14H10N2O2S/c1-18-14(17)12-11-10(7-8-15-12)19-13(16-11)9-5-3-2-4-6-9/h2-8H,1H3. The number of hydrogen-bond donors (Lipinski definition) is 0. The molecule has 0 aliphatic carbocycles. The molecule has 0 aliphatic heterocycles. The predicted molar refractivity (Wildman–Crippen MR) is 74.2 cm³/mol. The number of carbonyl (C=O) groups is 1. The van der Waals surface area contributed by atoms with E-state index in [2.05, 4.69) is 9.97 Å². The highest BCUT2D eigenvalue weighted by atomic mass is 32.1. The lowest BCUT2D eigenvalue weighted by Crippen LogP contribution is -2.04. The molecule has 0 aliphatic rings. The molecule has 0 bridgehead atoms. The van der Waals surface area contributed by atoms with Gasteiger partial charge in [-0.2, -0.15) is 0 Å². The fourth-order valence-electron chi connectivity index (χ4n) is 1.81. The Morgan fingerprint density at radius 3 is 2.74 bits per heavy atom. The quantitative estimate of drug-likeness (QED) is 0.671. The molecule has 0 spiro atoms. The van der Waals surface area contributed by atoms with Crippen molar-refractivity contribution in [3.63, 3.8) is 0 Å². The molecule has 3 rings (SSSR count). The summed E-state index contributed by atoms with van der Waals surface area (Å²) in [6, 6.07) is 11.7. The average molecular weight is 270 g/mol. The van der Waals surface area contributed by atoms with E-state index in [-0.39, 0.29) is 5.69 Å². The van der Waals surface area contributed by atoms with Crippen LogP contribution >= 0.6 is 11.3 Å². The molecule has 0 saturated heterocycles. The number of thiazole rings is 1. The van der Waals surface area contributed by atoms with Crippen molar-refractivity contribution in [2.75, 3.05) is 7.11 Å². The first kappa shape index (κ1) is 11.8. The second-order valence-corrected chi connectivity index (χ2v) is 4.91. The van der Waals surface area contributed by atoms with Crippen LogP contribution in [0.1, 0.15) is 10.5 Å². The molecule has 19 heavy (non-hydrogen) atoms. The zero-order chi connectivity index (χ0) is 13.2. The largest absolute Gasteiger partial charge is 0.464 e. The minimum atomic E-state index is -0.462. The van der Waals surface area contributed by atoms with Gasteiger partial charge in [0.05, 0.1) is 11.8 Å². The molecule has 0 fully saturated rings.